The van der Waals surface area contributed by atoms with Crippen LogP contribution in [0.25, 0.3) is 5.69 Å². The van der Waals surface area contributed by atoms with Crippen molar-refractivity contribution >= 4 is 51.0 Å². The molecule has 0 bridgehead atoms. The molecule has 1 N–H and O–H groups in total. The number of aryl methyl sites for hydroxylation is 3. The molecular weight excluding hydrogens is 555 g/mol. The monoisotopic (exact) mass is 582 g/mol. The van der Waals surface area contributed by atoms with Gasteiger partial charge in [-0.25, -0.2) is 13.8 Å². The summed E-state index contributed by atoms with van der Waals surface area (Å²) < 4.78 is 30.2. The number of carbonyl (C=O) groups is 1. The molecule has 0 unspecified atom stereocenters. The van der Waals surface area contributed by atoms with E-state index in [2.05, 4.69) is 10.5 Å². The second kappa shape index (κ2) is 11.7. The predicted molar refractivity (Wildman–Crippen MR) is 158 cm³/mol. The van der Waals surface area contributed by atoms with E-state index in [0.29, 0.717) is 15.7 Å². The molecule has 0 aliphatic carbocycles. The lowest BCUT2D eigenvalue weighted by atomic mass is 10.1. The molecule has 7 nitrogen and oxygen atoms in total. The zero-order chi connectivity index (χ0) is 28.3. The van der Waals surface area contributed by atoms with Gasteiger partial charge in [-0.1, -0.05) is 35.3 Å². The fourth-order valence-corrected chi connectivity index (χ4v) is 5.92. The van der Waals surface area contributed by atoms with Crippen molar-refractivity contribution < 1.29 is 13.2 Å². The van der Waals surface area contributed by atoms with Crippen molar-refractivity contribution in [3.05, 3.63) is 111 Å². The maximum atomic E-state index is 13.6. The van der Waals surface area contributed by atoms with Crippen LogP contribution in [0.5, 0.6) is 0 Å². The number of carbonyl (C=O) groups excluding carboxylic acids is 1. The first kappa shape index (κ1) is 28.4. The Kier molecular flexibility index (Phi) is 8.49. The van der Waals surface area contributed by atoms with Crippen LogP contribution in [0.4, 0.5) is 5.69 Å². The quantitative estimate of drug-likeness (QED) is 0.194. The van der Waals surface area contributed by atoms with E-state index in [9.17, 15) is 13.2 Å². The largest absolute Gasteiger partial charge is 0.318 e. The van der Waals surface area contributed by atoms with Crippen LogP contribution < -0.4 is 9.73 Å². The second-order valence-electron chi connectivity index (χ2n) is 9.17. The Balaban J connectivity index is 1.57. The number of anilines is 1. The minimum absolute atomic E-state index is 0.0230. The van der Waals surface area contributed by atoms with Crippen molar-refractivity contribution in [2.45, 2.75) is 32.6 Å². The predicted octanol–water partition coefficient (Wildman–Crippen LogP) is 6.36. The van der Waals surface area contributed by atoms with E-state index in [1.165, 1.54) is 30.5 Å². The van der Waals surface area contributed by atoms with E-state index in [0.717, 1.165) is 38.1 Å². The van der Waals surface area contributed by atoms with Crippen molar-refractivity contribution in [3.8, 4) is 5.69 Å². The molecule has 1 amide bonds. The summed E-state index contributed by atoms with van der Waals surface area (Å²) >= 11 is 12.1. The van der Waals surface area contributed by atoms with Gasteiger partial charge in [-0.3, -0.25) is 9.10 Å². The smallest absolute Gasteiger partial charge is 0.264 e. The molecule has 39 heavy (non-hydrogen) atoms. The maximum absolute atomic E-state index is 13.6. The zero-order valence-electron chi connectivity index (χ0n) is 21.9. The lowest BCUT2D eigenvalue weighted by molar-refractivity contribution is -0.119. The standard InChI is InChI=1S/C29H28Cl2N4O3S/c1-19-8-11-26(14-20(19)2)34(39(37,38)28-12-9-24(30)10-13-28)18-29(36)33-32-17-23-15-21(3)35(22(23)4)27-7-5-6-25(31)16-27/h5-17H,18H2,1-4H3,(H,33,36)/b32-17-. The Morgan fingerprint density at radius 2 is 1.64 bits per heavy atom. The lowest BCUT2D eigenvalue weighted by Gasteiger charge is -2.24. The van der Waals surface area contributed by atoms with Gasteiger partial charge in [-0.15, -0.1) is 0 Å². The van der Waals surface area contributed by atoms with Crippen molar-refractivity contribution in [3.63, 3.8) is 0 Å². The second-order valence-corrected chi connectivity index (χ2v) is 11.9. The number of nitrogens with one attached hydrogen (secondary N) is 1. The molecule has 0 atom stereocenters. The molecule has 0 saturated carbocycles. The van der Waals surface area contributed by atoms with Gasteiger partial charge in [-0.2, -0.15) is 5.10 Å². The average molecular weight is 584 g/mol. The van der Waals surface area contributed by atoms with E-state index in [4.69, 9.17) is 23.2 Å². The molecule has 0 aliphatic heterocycles. The summed E-state index contributed by atoms with van der Waals surface area (Å²) in [5, 5.41) is 5.15. The first-order valence-electron chi connectivity index (χ1n) is 12.1. The van der Waals surface area contributed by atoms with E-state index >= 15 is 0 Å². The van der Waals surface area contributed by atoms with Crippen LogP contribution in [0.2, 0.25) is 10.0 Å². The maximum Gasteiger partial charge on any atom is 0.264 e. The van der Waals surface area contributed by atoms with E-state index in [-0.39, 0.29) is 4.90 Å². The number of rotatable bonds is 8. The summed E-state index contributed by atoms with van der Waals surface area (Å²) in [6.07, 6.45) is 1.54. The molecule has 1 aromatic heterocycles. The molecule has 0 aliphatic rings. The first-order chi connectivity index (χ1) is 18.5. The highest BCUT2D eigenvalue weighted by atomic mass is 35.5. The molecule has 3 aromatic carbocycles. The van der Waals surface area contributed by atoms with Gasteiger partial charge in [0.15, 0.2) is 0 Å². The van der Waals surface area contributed by atoms with Crippen LogP contribution in [-0.2, 0) is 14.8 Å². The van der Waals surface area contributed by atoms with Crippen molar-refractivity contribution in [1.82, 2.24) is 9.99 Å². The molecule has 4 aromatic rings. The summed E-state index contributed by atoms with van der Waals surface area (Å²) in [6, 6.07) is 20.5. The number of amides is 1. The van der Waals surface area contributed by atoms with Crippen LogP contribution in [0, 0.1) is 27.7 Å². The Bertz CT molecular complexity index is 1660. The molecule has 0 saturated heterocycles. The number of hydrogen-bond donors (Lipinski definition) is 1. The van der Waals surface area contributed by atoms with Crippen molar-refractivity contribution in [1.29, 1.82) is 0 Å². The van der Waals surface area contributed by atoms with E-state index in [1.807, 2.05) is 68.7 Å². The normalized spacial score (nSPS) is 11.6. The van der Waals surface area contributed by atoms with Gasteiger partial charge in [0, 0.05) is 32.7 Å². The zero-order valence-corrected chi connectivity index (χ0v) is 24.3. The van der Waals surface area contributed by atoms with Gasteiger partial charge in [0.25, 0.3) is 15.9 Å². The molecular formula is C29H28Cl2N4O3S. The molecule has 202 valence electrons. The van der Waals surface area contributed by atoms with Gasteiger partial charge in [0.2, 0.25) is 0 Å². The molecule has 0 spiro atoms. The number of hydrogen-bond acceptors (Lipinski definition) is 4. The van der Waals surface area contributed by atoms with E-state index in [1.54, 1.807) is 12.1 Å². The first-order valence-corrected chi connectivity index (χ1v) is 14.3. The molecule has 1 heterocycles. The van der Waals surface area contributed by atoms with Crippen LogP contribution in [0.1, 0.15) is 28.1 Å². The number of halogens is 2. The highest BCUT2D eigenvalue weighted by Crippen LogP contribution is 2.27. The van der Waals surface area contributed by atoms with Crippen molar-refractivity contribution in [2.75, 3.05) is 10.8 Å². The number of benzene rings is 3. The fourth-order valence-electron chi connectivity index (χ4n) is 4.20. The van der Waals surface area contributed by atoms with Crippen molar-refractivity contribution in [2.24, 2.45) is 5.10 Å². The SMILES string of the molecule is Cc1ccc(N(CC(=O)N/N=C\c2cc(C)n(-c3cccc(Cl)c3)c2C)S(=O)(=O)c2ccc(Cl)cc2)cc1C. The van der Waals surface area contributed by atoms with Crippen LogP contribution in [0.3, 0.4) is 0 Å². The molecule has 0 radical (unpaired) electrons. The summed E-state index contributed by atoms with van der Waals surface area (Å²) in [5.74, 6) is -0.592. The summed E-state index contributed by atoms with van der Waals surface area (Å²) in [4.78, 5) is 13.0. The van der Waals surface area contributed by atoms with Crippen LogP contribution in [0.15, 0.2) is 82.8 Å². The summed E-state index contributed by atoms with van der Waals surface area (Å²) in [5.41, 5.74) is 8.34. The van der Waals surface area contributed by atoms with Gasteiger partial charge in [0.05, 0.1) is 16.8 Å². The minimum Gasteiger partial charge on any atom is -0.318 e. The molecule has 0 fully saturated rings. The van der Waals surface area contributed by atoms with Gasteiger partial charge >= 0.3 is 0 Å². The lowest BCUT2D eigenvalue weighted by Crippen LogP contribution is -2.39. The number of hydrazone groups is 1. The summed E-state index contributed by atoms with van der Waals surface area (Å²) in [7, 11) is -4.07. The third kappa shape index (κ3) is 6.36. The Morgan fingerprint density at radius 3 is 2.31 bits per heavy atom. The number of sulfonamides is 1. The molecule has 10 heteroatoms. The van der Waals surface area contributed by atoms with Crippen LogP contribution >= 0.6 is 23.2 Å². The fraction of sp³-hybridized carbons (Fsp3) is 0.172. The number of aromatic nitrogens is 1. The topological polar surface area (TPSA) is 83.8 Å². The Hall–Kier alpha value is -3.59. The average Bonchev–Trinajstić information content (AvgIpc) is 3.17. The summed E-state index contributed by atoms with van der Waals surface area (Å²) in [6.45, 7) is 7.26. The molecule has 4 rings (SSSR count). The highest BCUT2D eigenvalue weighted by molar-refractivity contribution is 7.92. The Labute approximate surface area is 238 Å². The van der Waals surface area contributed by atoms with Crippen LogP contribution in [-0.4, -0.2) is 31.7 Å². The van der Waals surface area contributed by atoms with E-state index < -0.39 is 22.5 Å². The minimum atomic E-state index is -4.07. The third-order valence-corrected chi connectivity index (χ3v) is 8.67. The van der Waals surface area contributed by atoms with Gasteiger partial charge in [-0.05, 0) is 99.5 Å². The Morgan fingerprint density at radius 1 is 0.923 bits per heavy atom. The number of nitrogens with zero attached hydrogens (tertiary/aromatic N) is 3. The third-order valence-electron chi connectivity index (χ3n) is 6.40. The van der Waals surface area contributed by atoms with Gasteiger partial charge in [0.1, 0.15) is 6.54 Å². The van der Waals surface area contributed by atoms with Gasteiger partial charge < -0.3 is 4.57 Å². The highest BCUT2D eigenvalue weighted by Gasteiger charge is 2.27.